The minimum Gasteiger partial charge on any atom is -0.411 e. The lowest BCUT2D eigenvalue weighted by Crippen LogP contribution is -2.47. The number of nitrogens with one attached hydrogen (secondary N) is 1. The van der Waals surface area contributed by atoms with Crippen molar-refractivity contribution in [1.29, 1.82) is 0 Å². The number of hydrogen-bond acceptors (Lipinski definition) is 5. The van der Waals surface area contributed by atoms with Crippen LogP contribution in [0.25, 0.3) is 0 Å². The van der Waals surface area contributed by atoms with Crippen LogP contribution in [0.15, 0.2) is 5.16 Å². The number of nitrogens with two attached hydrogens (primary N) is 1. The molecule has 1 atom stereocenters. The number of amides is 3. The molecular formula is C10H18N4O3. The van der Waals surface area contributed by atoms with Crippen molar-refractivity contribution in [2.24, 2.45) is 16.8 Å². The molecule has 1 rings (SSSR count). The molecule has 1 aliphatic heterocycles. The third kappa shape index (κ3) is 4.03. The van der Waals surface area contributed by atoms with E-state index in [1.54, 1.807) is 0 Å². The summed E-state index contributed by atoms with van der Waals surface area (Å²) >= 11 is 0. The lowest BCUT2D eigenvalue weighted by Gasteiger charge is -2.32. The molecule has 0 aromatic rings. The van der Waals surface area contributed by atoms with Gasteiger partial charge in [0.1, 0.15) is 0 Å². The molecule has 0 aliphatic carbocycles. The number of piperidine rings is 1. The third-order valence-corrected chi connectivity index (χ3v) is 2.89. The van der Waals surface area contributed by atoms with Crippen LogP contribution in [0.4, 0.5) is 4.79 Å². The Bertz CT molecular complexity index is 330. The molecule has 0 saturated carbocycles. The zero-order valence-corrected chi connectivity index (χ0v) is 9.85. The monoisotopic (exact) mass is 242 g/mol. The van der Waals surface area contributed by atoms with Crippen LogP contribution in [-0.2, 0) is 4.79 Å². The summed E-state index contributed by atoms with van der Waals surface area (Å²) in [5.41, 5.74) is 5.63. The number of rotatable bonds is 3. The third-order valence-electron chi connectivity index (χ3n) is 2.89. The minimum absolute atomic E-state index is 0.137. The van der Waals surface area contributed by atoms with Gasteiger partial charge in [0, 0.05) is 25.4 Å². The van der Waals surface area contributed by atoms with Gasteiger partial charge in [-0.25, -0.2) is 4.79 Å². The zero-order chi connectivity index (χ0) is 12.8. The fourth-order valence-corrected chi connectivity index (χ4v) is 2.01. The molecule has 3 amide bonds. The molecule has 1 saturated heterocycles. The van der Waals surface area contributed by atoms with Gasteiger partial charge in [-0.1, -0.05) is 12.1 Å². The van der Waals surface area contributed by atoms with Crippen molar-refractivity contribution in [2.45, 2.75) is 19.8 Å². The van der Waals surface area contributed by atoms with E-state index in [0.717, 1.165) is 12.1 Å². The highest BCUT2D eigenvalue weighted by atomic mass is 16.4. The van der Waals surface area contributed by atoms with E-state index in [9.17, 15) is 9.59 Å². The summed E-state index contributed by atoms with van der Waals surface area (Å²) in [4.78, 5) is 23.7. The second-order valence-corrected chi connectivity index (χ2v) is 4.09. The first-order chi connectivity index (χ1) is 8.06. The Morgan fingerprint density at radius 1 is 1.65 bits per heavy atom. The number of urea groups is 1. The van der Waals surface area contributed by atoms with Crippen LogP contribution >= 0.6 is 0 Å². The first-order valence-electron chi connectivity index (χ1n) is 5.59. The van der Waals surface area contributed by atoms with Crippen LogP contribution in [0.1, 0.15) is 19.8 Å². The Morgan fingerprint density at radius 3 is 2.88 bits per heavy atom. The Hall–Kier alpha value is -1.63. The van der Waals surface area contributed by atoms with E-state index in [0.29, 0.717) is 19.5 Å². The topological polar surface area (TPSA) is 108 Å². The maximum absolute atomic E-state index is 11.3. The van der Waals surface area contributed by atoms with Crippen LogP contribution in [-0.4, -0.2) is 47.4 Å². The van der Waals surface area contributed by atoms with Gasteiger partial charge in [0.15, 0.2) is 0 Å². The van der Waals surface area contributed by atoms with Gasteiger partial charge in [-0.2, -0.15) is 0 Å². The van der Waals surface area contributed by atoms with E-state index >= 15 is 0 Å². The second kappa shape index (κ2) is 6.19. The van der Waals surface area contributed by atoms with Gasteiger partial charge in [-0.15, -0.1) is 0 Å². The second-order valence-electron chi connectivity index (χ2n) is 4.09. The molecule has 0 radical (unpaired) electrons. The molecule has 0 bridgehead atoms. The summed E-state index contributed by atoms with van der Waals surface area (Å²) in [7, 11) is 0. The Labute approximate surface area is 99.6 Å². The van der Waals surface area contributed by atoms with E-state index in [2.05, 4.69) is 5.16 Å². The summed E-state index contributed by atoms with van der Waals surface area (Å²) in [6.07, 6.45) is 1.49. The van der Waals surface area contributed by atoms with Gasteiger partial charge < -0.3 is 10.9 Å². The average Bonchev–Trinajstić information content (AvgIpc) is 2.27. The van der Waals surface area contributed by atoms with Crippen molar-refractivity contribution < 1.29 is 14.8 Å². The Morgan fingerprint density at radius 2 is 2.35 bits per heavy atom. The van der Waals surface area contributed by atoms with Gasteiger partial charge in [-0.05, 0) is 6.42 Å². The number of carbonyl (C=O) groups is 2. The largest absolute Gasteiger partial charge is 0.411 e. The zero-order valence-electron chi connectivity index (χ0n) is 9.85. The van der Waals surface area contributed by atoms with E-state index in [-0.39, 0.29) is 12.5 Å². The molecule has 7 nitrogen and oxygen atoms in total. The number of primary amides is 1. The number of oxime groups is 1. The number of nitrogens with zero attached hydrogens (tertiary/aromatic N) is 2. The van der Waals surface area contributed by atoms with Crippen molar-refractivity contribution in [3.8, 4) is 0 Å². The smallest absolute Gasteiger partial charge is 0.318 e. The van der Waals surface area contributed by atoms with Crippen LogP contribution in [0.5, 0.6) is 0 Å². The maximum atomic E-state index is 11.3. The molecular weight excluding hydrogens is 224 g/mol. The van der Waals surface area contributed by atoms with Crippen molar-refractivity contribution in [3.05, 3.63) is 0 Å². The molecule has 7 heteroatoms. The molecule has 4 N–H and O–H groups in total. The quantitative estimate of drug-likeness (QED) is 0.468. The molecule has 0 aromatic heterocycles. The maximum Gasteiger partial charge on any atom is 0.318 e. The molecule has 96 valence electrons. The fourth-order valence-electron chi connectivity index (χ4n) is 2.01. The molecule has 1 aliphatic rings. The van der Waals surface area contributed by atoms with Crippen molar-refractivity contribution in [3.63, 3.8) is 0 Å². The number of likely N-dealkylation sites (tertiary alicyclic amines) is 1. The SMILES string of the molecule is CCC1CN(CC(=O)NC(N)=O)CCC1=NO. The van der Waals surface area contributed by atoms with E-state index in [1.165, 1.54) is 0 Å². The number of hydrogen-bond donors (Lipinski definition) is 3. The van der Waals surface area contributed by atoms with Crippen molar-refractivity contribution >= 4 is 17.6 Å². The number of carbonyl (C=O) groups excluding carboxylic acids is 2. The fraction of sp³-hybridized carbons (Fsp3) is 0.700. The average molecular weight is 242 g/mol. The Balaban J connectivity index is 2.47. The summed E-state index contributed by atoms with van der Waals surface area (Å²) in [6.45, 7) is 3.44. The van der Waals surface area contributed by atoms with Gasteiger partial charge in [0.05, 0.1) is 12.3 Å². The van der Waals surface area contributed by atoms with Gasteiger partial charge in [-0.3, -0.25) is 15.0 Å². The number of imide groups is 1. The molecule has 0 aromatic carbocycles. The molecule has 1 unspecified atom stereocenters. The van der Waals surface area contributed by atoms with Crippen LogP contribution in [0, 0.1) is 5.92 Å². The summed E-state index contributed by atoms with van der Waals surface area (Å²) in [5.74, 6) is -0.244. The standard InChI is InChI=1S/C10H18N4O3/c1-2-7-5-14(4-3-8(7)13-17)6-9(15)12-10(11)16/h7,17H,2-6H2,1H3,(H3,11,12,15,16). The van der Waals surface area contributed by atoms with E-state index in [4.69, 9.17) is 10.9 Å². The van der Waals surface area contributed by atoms with E-state index in [1.807, 2.05) is 17.1 Å². The highest BCUT2D eigenvalue weighted by Gasteiger charge is 2.25. The summed E-state index contributed by atoms with van der Waals surface area (Å²) in [6, 6.07) is -0.836. The summed E-state index contributed by atoms with van der Waals surface area (Å²) in [5, 5.41) is 14.1. The first kappa shape index (κ1) is 13.4. The first-order valence-corrected chi connectivity index (χ1v) is 5.59. The predicted octanol–water partition coefficient (Wildman–Crippen LogP) is -0.257. The molecule has 1 fully saturated rings. The van der Waals surface area contributed by atoms with Crippen molar-refractivity contribution in [1.82, 2.24) is 10.2 Å². The highest BCUT2D eigenvalue weighted by molar-refractivity contribution is 5.94. The lowest BCUT2D eigenvalue weighted by atomic mass is 9.93. The molecule has 17 heavy (non-hydrogen) atoms. The summed E-state index contributed by atoms with van der Waals surface area (Å²) < 4.78 is 0. The normalized spacial score (nSPS) is 23.6. The van der Waals surface area contributed by atoms with Crippen LogP contribution in [0.2, 0.25) is 0 Å². The van der Waals surface area contributed by atoms with Crippen LogP contribution in [0.3, 0.4) is 0 Å². The lowest BCUT2D eigenvalue weighted by molar-refractivity contribution is -0.121. The van der Waals surface area contributed by atoms with Gasteiger partial charge in [0.25, 0.3) is 0 Å². The van der Waals surface area contributed by atoms with Gasteiger partial charge in [0.2, 0.25) is 5.91 Å². The highest BCUT2D eigenvalue weighted by Crippen LogP contribution is 2.16. The predicted molar refractivity (Wildman–Crippen MR) is 61.8 cm³/mol. The van der Waals surface area contributed by atoms with E-state index < -0.39 is 11.9 Å². The molecule has 0 spiro atoms. The van der Waals surface area contributed by atoms with Gasteiger partial charge >= 0.3 is 6.03 Å². The molecule has 1 heterocycles. The van der Waals surface area contributed by atoms with Crippen LogP contribution < -0.4 is 11.1 Å². The minimum atomic E-state index is -0.836. The van der Waals surface area contributed by atoms with Crippen molar-refractivity contribution in [2.75, 3.05) is 19.6 Å². The Kier molecular flexibility index (Phi) is 4.89.